The molecule has 1 aliphatic heterocycles. The van der Waals surface area contributed by atoms with Gasteiger partial charge in [-0.3, -0.25) is 0 Å². The first-order valence-electron chi connectivity index (χ1n) is 4.68. The number of halogens is 2. The van der Waals surface area contributed by atoms with E-state index in [0.29, 0.717) is 24.6 Å². The summed E-state index contributed by atoms with van der Waals surface area (Å²) < 4.78 is 31.9. The summed E-state index contributed by atoms with van der Waals surface area (Å²) >= 11 is 0. The number of fused-ring (bicyclic) bond motifs is 1. The Balaban J connectivity index is 2.40. The first kappa shape index (κ1) is 9.43. The summed E-state index contributed by atoms with van der Waals surface area (Å²) in [6, 6.07) is 0. The molecule has 1 aromatic rings. The average Bonchev–Trinajstić information content (AvgIpc) is 2.37. The second kappa shape index (κ2) is 3.55. The molecule has 0 unspecified atom stereocenters. The maximum absolute atomic E-state index is 12.5. The van der Waals surface area contributed by atoms with Gasteiger partial charge in [-0.15, -0.1) is 0 Å². The highest BCUT2D eigenvalue weighted by Crippen LogP contribution is 2.30. The zero-order chi connectivity index (χ0) is 10.1. The van der Waals surface area contributed by atoms with E-state index in [4.69, 9.17) is 4.74 Å². The Morgan fingerprint density at radius 2 is 2.21 bits per heavy atom. The van der Waals surface area contributed by atoms with Crippen LogP contribution >= 0.6 is 0 Å². The second-order valence-electron chi connectivity index (χ2n) is 3.39. The zero-order valence-electron chi connectivity index (χ0n) is 7.96. The third-order valence-electron chi connectivity index (χ3n) is 2.38. The van der Waals surface area contributed by atoms with Gasteiger partial charge < -0.3 is 4.74 Å². The van der Waals surface area contributed by atoms with Gasteiger partial charge in [0.1, 0.15) is 5.69 Å². The fourth-order valence-corrected chi connectivity index (χ4v) is 1.63. The van der Waals surface area contributed by atoms with Gasteiger partial charge >= 0.3 is 0 Å². The van der Waals surface area contributed by atoms with E-state index < -0.39 is 6.43 Å². The van der Waals surface area contributed by atoms with Crippen LogP contribution in [0.1, 0.15) is 30.5 Å². The predicted molar refractivity (Wildman–Crippen MR) is 46.7 cm³/mol. The van der Waals surface area contributed by atoms with Crippen LogP contribution in [-0.2, 0) is 6.54 Å². The fraction of sp³-hybridized carbons (Fsp3) is 0.667. The molecular weight excluding hydrogens is 190 g/mol. The molecule has 5 heteroatoms. The molecule has 0 aliphatic carbocycles. The smallest absolute Gasteiger partial charge is 0.282 e. The van der Waals surface area contributed by atoms with Crippen LogP contribution in [0.15, 0.2) is 0 Å². The van der Waals surface area contributed by atoms with Crippen LogP contribution in [0, 0.1) is 6.92 Å². The highest BCUT2D eigenvalue weighted by atomic mass is 19.3. The van der Waals surface area contributed by atoms with Gasteiger partial charge in [0.2, 0.25) is 5.88 Å². The monoisotopic (exact) mass is 202 g/mol. The SMILES string of the molecule is Cc1c(C(F)F)nn2c1OCCCC2. The van der Waals surface area contributed by atoms with Gasteiger partial charge in [-0.1, -0.05) is 0 Å². The summed E-state index contributed by atoms with van der Waals surface area (Å²) in [5.41, 5.74) is 0.323. The first-order chi connectivity index (χ1) is 6.70. The topological polar surface area (TPSA) is 27.1 Å². The van der Waals surface area contributed by atoms with Crippen LogP contribution in [0.5, 0.6) is 5.88 Å². The van der Waals surface area contributed by atoms with Crippen LogP contribution in [0.4, 0.5) is 8.78 Å². The maximum Gasteiger partial charge on any atom is 0.282 e. The Hall–Kier alpha value is -1.13. The Kier molecular flexibility index (Phi) is 2.39. The molecule has 3 nitrogen and oxygen atoms in total. The number of rotatable bonds is 1. The molecular formula is C9H12F2N2O. The molecule has 0 aromatic carbocycles. The van der Waals surface area contributed by atoms with E-state index in [-0.39, 0.29) is 5.69 Å². The second-order valence-corrected chi connectivity index (χ2v) is 3.39. The van der Waals surface area contributed by atoms with E-state index >= 15 is 0 Å². The van der Waals surface area contributed by atoms with E-state index in [1.165, 1.54) is 0 Å². The molecule has 0 radical (unpaired) electrons. The fourth-order valence-electron chi connectivity index (χ4n) is 1.63. The maximum atomic E-state index is 12.5. The molecule has 14 heavy (non-hydrogen) atoms. The molecule has 1 aliphatic rings. The molecule has 0 spiro atoms. The highest BCUT2D eigenvalue weighted by Gasteiger charge is 2.23. The van der Waals surface area contributed by atoms with Gasteiger partial charge in [-0.2, -0.15) is 5.10 Å². The number of aryl methyl sites for hydroxylation is 1. The van der Waals surface area contributed by atoms with Gasteiger partial charge in [-0.05, 0) is 19.8 Å². The van der Waals surface area contributed by atoms with Crippen molar-refractivity contribution in [1.29, 1.82) is 0 Å². The molecule has 1 aromatic heterocycles. The summed E-state index contributed by atoms with van der Waals surface area (Å²) in [6.45, 7) is 2.89. The first-order valence-corrected chi connectivity index (χ1v) is 4.68. The third kappa shape index (κ3) is 1.47. The molecule has 2 rings (SSSR count). The zero-order valence-corrected chi connectivity index (χ0v) is 7.96. The van der Waals surface area contributed by atoms with Crippen LogP contribution in [0.3, 0.4) is 0 Å². The quantitative estimate of drug-likeness (QED) is 0.698. The van der Waals surface area contributed by atoms with Crippen molar-refractivity contribution in [3.8, 4) is 5.88 Å². The van der Waals surface area contributed by atoms with Crippen LogP contribution in [0.2, 0.25) is 0 Å². The van der Waals surface area contributed by atoms with Gasteiger partial charge in [0, 0.05) is 12.1 Å². The Labute approximate surface area is 80.7 Å². The summed E-state index contributed by atoms with van der Waals surface area (Å²) in [5, 5.41) is 3.85. The van der Waals surface area contributed by atoms with Crippen molar-refractivity contribution in [2.75, 3.05) is 6.61 Å². The van der Waals surface area contributed by atoms with Crippen molar-refractivity contribution in [3.63, 3.8) is 0 Å². The summed E-state index contributed by atoms with van der Waals surface area (Å²) in [5.74, 6) is 0.512. The van der Waals surface area contributed by atoms with Crippen LogP contribution in [-0.4, -0.2) is 16.4 Å². The lowest BCUT2D eigenvalue weighted by Crippen LogP contribution is -2.00. The van der Waals surface area contributed by atoms with Crippen LogP contribution < -0.4 is 4.74 Å². The molecule has 0 fully saturated rings. The number of hydrogen-bond donors (Lipinski definition) is 0. The third-order valence-corrected chi connectivity index (χ3v) is 2.38. The number of ether oxygens (including phenoxy) is 1. The molecule has 2 heterocycles. The lowest BCUT2D eigenvalue weighted by molar-refractivity contribution is 0.144. The van der Waals surface area contributed by atoms with Crippen LogP contribution in [0.25, 0.3) is 0 Å². The Bertz CT molecular complexity index is 336. The summed E-state index contributed by atoms with van der Waals surface area (Å²) in [6.07, 6.45) is -0.637. The molecule has 0 N–H and O–H groups in total. The molecule has 0 atom stereocenters. The molecule has 0 saturated heterocycles. The average molecular weight is 202 g/mol. The largest absolute Gasteiger partial charge is 0.478 e. The number of nitrogens with zero attached hydrogens (tertiary/aromatic N) is 2. The predicted octanol–water partition coefficient (Wildman–Crippen LogP) is 2.30. The minimum absolute atomic E-state index is 0.151. The van der Waals surface area contributed by atoms with E-state index in [0.717, 1.165) is 12.8 Å². The van der Waals surface area contributed by atoms with E-state index in [2.05, 4.69) is 5.10 Å². The Morgan fingerprint density at radius 3 is 2.93 bits per heavy atom. The Morgan fingerprint density at radius 1 is 1.43 bits per heavy atom. The number of hydrogen-bond acceptors (Lipinski definition) is 2. The molecule has 0 amide bonds. The van der Waals surface area contributed by atoms with E-state index in [1.54, 1.807) is 11.6 Å². The number of aromatic nitrogens is 2. The van der Waals surface area contributed by atoms with Crippen molar-refractivity contribution in [2.24, 2.45) is 0 Å². The van der Waals surface area contributed by atoms with Crippen molar-refractivity contribution >= 4 is 0 Å². The van der Waals surface area contributed by atoms with Gasteiger partial charge in [0.05, 0.1) is 6.61 Å². The molecule has 0 bridgehead atoms. The van der Waals surface area contributed by atoms with Gasteiger partial charge in [-0.25, -0.2) is 13.5 Å². The standard InChI is InChI=1S/C9H12F2N2O/c1-6-7(8(10)11)12-13-4-2-3-5-14-9(6)13/h8H,2-5H2,1H3. The lowest BCUT2D eigenvalue weighted by atomic mass is 10.3. The normalized spacial score (nSPS) is 16.3. The van der Waals surface area contributed by atoms with Crippen molar-refractivity contribution in [3.05, 3.63) is 11.3 Å². The minimum atomic E-state index is -2.52. The highest BCUT2D eigenvalue weighted by molar-refractivity contribution is 5.31. The van der Waals surface area contributed by atoms with Gasteiger partial charge in [0.15, 0.2) is 0 Å². The summed E-state index contributed by atoms with van der Waals surface area (Å²) in [7, 11) is 0. The van der Waals surface area contributed by atoms with Gasteiger partial charge in [0.25, 0.3) is 6.43 Å². The molecule has 0 saturated carbocycles. The van der Waals surface area contributed by atoms with Crippen molar-refractivity contribution < 1.29 is 13.5 Å². The van der Waals surface area contributed by atoms with Crippen molar-refractivity contribution in [1.82, 2.24) is 9.78 Å². The molecule has 78 valence electrons. The van der Waals surface area contributed by atoms with Crippen molar-refractivity contribution in [2.45, 2.75) is 32.7 Å². The van der Waals surface area contributed by atoms with E-state index in [1.807, 2.05) is 0 Å². The van der Waals surface area contributed by atoms with E-state index in [9.17, 15) is 8.78 Å². The lowest BCUT2D eigenvalue weighted by Gasteiger charge is -2.02. The summed E-state index contributed by atoms with van der Waals surface area (Å²) in [4.78, 5) is 0. The minimum Gasteiger partial charge on any atom is -0.478 e. The number of alkyl halides is 2.